The van der Waals surface area contributed by atoms with E-state index >= 15 is 0 Å². The highest BCUT2D eigenvalue weighted by Gasteiger charge is 2.11. The summed E-state index contributed by atoms with van der Waals surface area (Å²) in [5, 5.41) is 0. The first-order valence-corrected chi connectivity index (χ1v) is 6.74. The molecule has 1 heterocycles. The summed E-state index contributed by atoms with van der Waals surface area (Å²) in [6.45, 7) is 6.32. The fourth-order valence-electron chi connectivity index (χ4n) is 2.33. The molecule has 0 radical (unpaired) electrons. The van der Waals surface area contributed by atoms with Crippen LogP contribution >= 0.6 is 11.6 Å². The molecule has 0 saturated carbocycles. The lowest BCUT2D eigenvalue weighted by atomic mass is 9.98. The van der Waals surface area contributed by atoms with Crippen LogP contribution in [0.1, 0.15) is 29.0 Å². The van der Waals surface area contributed by atoms with Gasteiger partial charge in [-0.05, 0) is 38.3 Å². The van der Waals surface area contributed by atoms with Gasteiger partial charge in [-0.1, -0.05) is 17.7 Å². The maximum Gasteiger partial charge on any atom is 0.194 e. The van der Waals surface area contributed by atoms with E-state index in [1.54, 1.807) is 0 Å². The summed E-state index contributed by atoms with van der Waals surface area (Å²) in [7, 11) is 0. The highest BCUT2D eigenvalue weighted by atomic mass is 35.5. The number of benzene rings is 1. The smallest absolute Gasteiger partial charge is 0.194 e. The molecule has 2 aromatic rings. The molecule has 0 aliphatic rings. The minimum absolute atomic E-state index is 0.639. The lowest BCUT2D eigenvalue weighted by Gasteiger charge is -2.08. The van der Waals surface area contributed by atoms with Crippen LogP contribution in [0.4, 0.5) is 0 Å². The standard InChI is InChI=1S/C15H18ClNO/c1-10-7-11(2)15(12(3)8-10)13-9-17-14(18-13)5-4-6-16/h7-9H,4-6H2,1-3H3. The number of oxazole rings is 1. The van der Waals surface area contributed by atoms with Gasteiger partial charge in [-0.2, -0.15) is 0 Å². The molecule has 0 saturated heterocycles. The van der Waals surface area contributed by atoms with E-state index in [4.69, 9.17) is 16.0 Å². The van der Waals surface area contributed by atoms with Crippen LogP contribution in [0.3, 0.4) is 0 Å². The predicted molar refractivity (Wildman–Crippen MR) is 75.2 cm³/mol. The van der Waals surface area contributed by atoms with E-state index in [-0.39, 0.29) is 0 Å². The number of aryl methyl sites for hydroxylation is 4. The normalized spacial score (nSPS) is 10.9. The second-order valence-corrected chi connectivity index (χ2v) is 5.06. The van der Waals surface area contributed by atoms with Crippen molar-refractivity contribution in [1.82, 2.24) is 4.98 Å². The number of aromatic nitrogens is 1. The second kappa shape index (κ2) is 5.57. The SMILES string of the molecule is Cc1cc(C)c(-c2cnc(CCCCl)o2)c(C)c1. The Labute approximate surface area is 113 Å². The molecule has 2 rings (SSSR count). The Bertz CT molecular complexity index is 522. The molecule has 0 bridgehead atoms. The minimum Gasteiger partial charge on any atom is -0.441 e. The predicted octanol–water partition coefficient (Wildman–Crippen LogP) is 4.44. The van der Waals surface area contributed by atoms with Crippen LogP contribution < -0.4 is 0 Å². The molecule has 0 aliphatic carbocycles. The number of hydrogen-bond acceptors (Lipinski definition) is 2. The lowest BCUT2D eigenvalue weighted by Crippen LogP contribution is -1.88. The molecular weight excluding hydrogens is 246 g/mol. The van der Waals surface area contributed by atoms with Crippen molar-refractivity contribution in [3.63, 3.8) is 0 Å². The van der Waals surface area contributed by atoms with E-state index in [1.165, 1.54) is 16.7 Å². The zero-order valence-electron chi connectivity index (χ0n) is 11.1. The first-order chi connectivity index (χ1) is 8.61. The molecule has 96 valence electrons. The molecule has 0 amide bonds. The van der Waals surface area contributed by atoms with E-state index in [1.807, 2.05) is 6.20 Å². The summed E-state index contributed by atoms with van der Waals surface area (Å²) in [6.07, 6.45) is 3.51. The van der Waals surface area contributed by atoms with Crippen molar-refractivity contribution < 1.29 is 4.42 Å². The molecular formula is C15H18ClNO. The van der Waals surface area contributed by atoms with Crippen LogP contribution in [0, 0.1) is 20.8 Å². The van der Waals surface area contributed by atoms with Gasteiger partial charge in [0.1, 0.15) is 0 Å². The minimum atomic E-state index is 0.639. The van der Waals surface area contributed by atoms with Gasteiger partial charge in [-0.3, -0.25) is 0 Å². The summed E-state index contributed by atoms with van der Waals surface area (Å²) in [4.78, 5) is 4.31. The molecule has 0 N–H and O–H groups in total. The van der Waals surface area contributed by atoms with Gasteiger partial charge in [0.05, 0.1) is 6.20 Å². The van der Waals surface area contributed by atoms with Crippen LogP contribution in [0.5, 0.6) is 0 Å². The van der Waals surface area contributed by atoms with Gasteiger partial charge in [0.2, 0.25) is 0 Å². The maximum absolute atomic E-state index is 5.80. The van der Waals surface area contributed by atoms with E-state index < -0.39 is 0 Å². The Morgan fingerprint density at radius 2 is 1.83 bits per heavy atom. The summed E-state index contributed by atoms with van der Waals surface area (Å²) >= 11 is 5.67. The molecule has 0 unspecified atom stereocenters. The van der Waals surface area contributed by atoms with E-state index in [0.29, 0.717) is 5.88 Å². The zero-order valence-corrected chi connectivity index (χ0v) is 11.8. The highest BCUT2D eigenvalue weighted by Crippen LogP contribution is 2.29. The lowest BCUT2D eigenvalue weighted by molar-refractivity contribution is 0.503. The summed E-state index contributed by atoms with van der Waals surface area (Å²) in [5.41, 5.74) is 4.89. The average Bonchev–Trinajstić information content (AvgIpc) is 2.73. The number of hydrogen-bond donors (Lipinski definition) is 0. The third kappa shape index (κ3) is 2.75. The quantitative estimate of drug-likeness (QED) is 0.763. The summed E-state index contributed by atoms with van der Waals surface area (Å²) in [6, 6.07) is 4.34. The molecule has 0 atom stereocenters. The summed E-state index contributed by atoms with van der Waals surface area (Å²) < 4.78 is 5.80. The topological polar surface area (TPSA) is 26.0 Å². The van der Waals surface area contributed by atoms with Crippen LogP contribution in [-0.2, 0) is 6.42 Å². The van der Waals surface area contributed by atoms with Crippen LogP contribution in [0.15, 0.2) is 22.7 Å². The van der Waals surface area contributed by atoms with Crippen molar-refractivity contribution in [2.45, 2.75) is 33.6 Å². The van der Waals surface area contributed by atoms with E-state index in [0.717, 1.165) is 30.1 Å². The molecule has 0 spiro atoms. The number of alkyl halides is 1. The van der Waals surface area contributed by atoms with Crippen molar-refractivity contribution in [2.24, 2.45) is 0 Å². The third-order valence-electron chi connectivity index (χ3n) is 3.00. The fraction of sp³-hybridized carbons (Fsp3) is 0.400. The first kappa shape index (κ1) is 13.2. The Kier molecular flexibility index (Phi) is 4.07. The number of nitrogens with zero attached hydrogens (tertiary/aromatic N) is 1. The largest absolute Gasteiger partial charge is 0.441 e. The van der Waals surface area contributed by atoms with Gasteiger partial charge < -0.3 is 4.42 Å². The van der Waals surface area contributed by atoms with Crippen molar-refractivity contribution in [1.29, 1.82) is 0 Å². The van der Waals surface area contributed by atoms with Crippen molar-refractivity contribution in [3.05, 3.63) is 40.9 Å². The second-order valence-electron chi connectivity index (χ2n) is 4.68. The Morgan fingerprint density at radius 1 is 1.17 bits per heavy atom. The maximum atomic E-state index is 5.80. The van der Waals surface area contributed by atoms with E-state index in [2.05, 4.69) is 37.9 Å². The molecule has 18 heavy (non-hydrogen) atoms. The van der Waals surface area contributed by atoms with Gasteiger partial charge in [0.15, 0.2) is 11.7 Å². The van der Waals surface area contributed by atoms with Gasteiger partial charge in [-0.25, -0.2) is 4.98 Å². The van der Waals surface area contributed by atoms with Gasteiger partial charge >= 0.3 is 0 Å². The van der Waals surface area contributed by atoms with Crippen molar-refractivity contribution in [3.8, 4) is 11.3 Å². The number of halogens is 1. The molecule has 3 heteroatoms. The Balaban J connectivity index is 2.34. The average molecular weight is 264 g/mol. The van der Waals surface area contributed by atoms with Crippen LogP contribution in [-0.4, -0.2) is 10.9 Å². The van der Waals surface area contributed by atoms with Crippen molar-refractivity contribution in [2.75, 3.05) is 5.88 Å². The van der Waals surface area contributed by atoms with E-state index in [9.17, 15) is 0 Å². The first-order valence-electron chi connectivity index (χ1n) is 6.20. The fourth-order valence-corrected chi connectivity index (χ4v) is 2.46. The molecule has 0 fully saturated rings. The Morgan fingerprint density at radius 3 is 2.44 bits per heavy atom. The summed E-state index contributed by atoms with van der Waals surface area (Å²) in [5.74, 6) is 2.26. The zero-order chi connectivity index (χ0) is 13.1. The Hall–Kier alpha value is -1.28. The third-order valence-corrected chi connectivity index (χ3v) is 3.27. The van der Waals surface area contributed by atoms with Gasteiger partial charge in [0, 0.05) is 17.9 Å². The van der Waals surface area contributed by atoms with Gasteiger partial charge in [0.25, 0.3) is 0 Å². The molecule has 2 nitrogen and oxygen atoms in total. The van der Waals surface area contributed by atoms with Crippen LogP contribution in [0.25, 0.3) is 11.3 Å². The number of rotatable bonds is 4. The van der Waals surface area contributed by atoms with Crippen LogP contribution in [0.2, 0.25) is 0 Å². The molecule has 0 aliphatic heterocycles. The highest BCUT2D eigenvalue weighted by molar-refractivity contribution is 6.17. The van der Waals surface area contributed by atoms with Gasteiger partial charge in [-0.15, -0.1) is 11.6 Å². The monoisotopic (exact) mass is 263 g/mol. The molecule has 1 aromatic heterocycles. The van der Waals surface area contributed by atoms with Crippen molar-refractivity contribution >= 4 is 11.6 Å². The molecule has 1 aromatic carbocycles.